The number of thioether (sulfide) groups is 1. The van der Waals surface area contributed by atoms with Crippen LogP contribution in [-0.4, -0.2) is 41.7 Å². The summed E-state index contributed by atoms with van der Waals surface area (Å²) < 4.78 is 4.59. The molecule has 7 heteroatoms. The molecule has 1 aromatic carbocycles. The van der Waals surface area contributed by atoms with Gasteiger partial charge in [0.05, 0.1) is 13.2 Å². The molecule has 2 N–H and O–H groups in total. The highest BCUT2D eigenvalue weighted by Gasteiger charge is 2.30. The number of rotatable bonds is 6. The van der Waals surface area contributed by atoms with Crippen molar-refractivity contribution < 1.29 is 19.5 Å². The van der Waals surface area contributed by atoms with Crippen molar-refractivity contribution in [1.29, 1.82) is 0 Å². The first-order valence-electron chi connectivity index (χ1n) is 7.63. The molecule has 1 aromatic rings. The van der Waals surface area contributed by atoms with E-state index in [-0.39, 0.29) is 17.9 Å². The number of carbonyl (C=O) groups excluding carboxylic acids is 2. The summed E-state index contributed by atoms with van der Waals surface area (Å²) >= 11 is 1.52. The average Bonchev–Trinajstić information content (AvgIpc) is 3.00. The molecule has 0 saturated carbocycles. The van der Waals surface area contributed by atoms with E-state index in [2.05, 4.69) is 15.2 Å². The molecule has 1 aliphatic rings. The van der Waals surface area contributed by atoms with Gasteiger partial charge in [-0.25, -0.2) is 0 Å². The SMILES string of the molecule is COC(=O)CCCC=C1SC[C@H](NC(=O)c2ccccc2)C1=NO. The van der Waals surface area contributed by atoms with Crippen LogP contribution in [0.15, 0.2) is 46.5 Å². The van der Waals surface area contributed by atoms with E-state index in [0.29, 0.717) is 36.3 Å². The Hall–Kier alpha value is -2.28. The number of methoxy groups -OCH3 is 1. The van der Waals surface area contributed by atoms with Crippen molar-refractivity contribution in [3.05, 3.63) is 46.9 Å². The summed E-state index contributed by atoms with van der Waals surface area (Å²) in [6.45, 7) is 0. The van der Waals surface area contributed by atoms with Gasteiger partial charge in [-0.05, 0) is 25.0 Å². The minimum atomic E-state index is -0.334. The summed E-state index contributed by atoms with van der Waals surface area (Å²) in [6.07, 6.45) is 3.62. The number of unbranched alkanes of at least 4 members (excludes halogenated alkanes) is 1. The number of amides is 1. The highest BCUT2D eigenvalue weighted by atomic mass is 32.2. The van der Waals surface area contributed by atoms with Crippen LogP contribution in [0.5, 0.6) is 0 Å². The van der Waals surface area contributed by atoms with Crippen molar-refractivity contribution in [2.75, 3.05) is 12.9 Å². The molecule has 1 heterocycles. The zero-order valence-electron chi connectivity index (χ0n) is 13.4. The Morgan fingerprint density at radius 1 is 1.42 bits per heavy atom. The van der Waals surface area contributed by atoms with Crippen LogP contribution in [0.25, 0.3) is 0 Å². The Kier molecular flexibility index (Phi) is 6.87. The summed E-state index contributed by atoms with van der Waals surface area (Å²) in [7, 11) is 1.37. The Morgan fingerprint density at radius 3 is 2.83 bits per heavy atom. The number of hydrogen-bond acceptors (Lipinski definition) is 6. The number of nitrogens with zero attached hydrogens (tertiary/aromatic N) is 1. The van der Waals surface area contributed by atoms with Crippen LogP contribution in [0.1, 0.15) is 29.6 Å². The summed E-state index contributed by atoms with van der Waals surface area (Å²) in [5.41, 5.74) is 1.03. The predicted molar refractivity (Wildman–Crippen MR) is 93.3 cm³/mol. The number of nitrogens with one attached hydrogen (secondary N) is 1. The monoisotopic (exact) mass is 348 g/mol. The second-order valence-corrected chi connectivity index (χ2v) is 6.29. The Bertz CT molecular complexity index is 643. The number of ether oxygens (including phenoxy) is 1. The van der Waals surface area contributed by atoms with Gasteiger partial charge in [0.25, 0.3) is 5.91 Å². The highest BCUT2D eigenvalue weighted by molar-refractivity contribution is 8.04. The molecule has 1 amide bonds. The van der Waals surface area contributed by atoms with Gasteiger partial charge in [-0.15, -0.1) is 11.8 Å². The molecule has 0 spiro atoms. The Morgan fingerprint density at radius 2 is 2.17 bits per heavy atom. The van der Waals surface area contributed by atoms with Crippen LogP contribution < -0.4 is 5.32 Å². The van der Waals surface area contributed by atoms with E-state index in [0.717, 1.165) is 4.91 Å². The molecule has 0 unspecified atom stereocenters. The van der Waals surface area contributed by atoms with Crippen LogP contribution >= 0.6 is 11.8 Å². The molecule has 0 radical (unpaired) electrons. The molecular formula is C17H20N2O4S. The number of oxime groups is 1. The molecule has 0 aromatic heterocycles. The maximum Gasteiger partial charge on any atom is 0.305 e. The van der Waals surface area contributed by atoms with Crippen LogP contribution in [0.4, 0.5) is 0 Å². The maximum absolute atomic E-state index is 12.2. The number of hydrogen-bond donors (Lipinski definition) is 2. The molecule has 2 rings (SSSR count). The summed E-state index contributed by atoms with van der Waals surface area (Å²) in [6, 6.07) is 8.57. The molecule has 1 atom stereocenters. The fourth-order valence-electron chi connectivity index (χ4n) is 2.30. The van der Waals surface area contributed by atoms with Gasteiger partial charge in [0.1, 0.15) is 5.71 Å². The molecular weight excluding hydrogens is 328 g/mol. The average molecular weight is 348 g/mol. The van der Waals surface area contributed by atoms with Gasteiger partial charge in [-0.3, -0.25) is 9.59 Å². The van der Waals surface area contributed by atoms with E-state index in [1.165, 1.54) is 18.9 Å². The normalized spacial score (nSPS) is 20.3. The molecule has 1 aliphatic heterocycles. The molecule has 0 aliphatic carbocycles. The van der Waals surface area contributed by atoms with Crippen LogP contribution in [0, 0.1) is 0 Å². The van der Waals surface area contributed by atoms with Gasteiger partial charge in [-0.2, -0.15) is 0 Å². The highest BCUT2D eigenvalue weighted by Crippen LogP contribution is 2.29. The number of esters is 1. The first kappa shape index (κ1) is 18.1. The van der Waals surface area contributed by atoms with E-state index in [1.807, 2.05) is 12.1 Å². The quantitative estimate of drug-likeness (QED) is 0.357. The van der Waals surface area contributed by atoms with E-state index < -0.39 is 0 Å². The Balaban J connectivity index is 1.92. The standard InChI is InChI=1S/C17H20N2O4S/c1-23-15(20)10-6-5-9-14-16(19-22)13(11-24-14)18-17(21)12-7-3-2-4-8-12/h2-4,7-9,13,22H,5-6,10-11H2,1H3,(H,18,21)/t13-/m0/s1. The lowest BCUT2D eigenvalue weighted by Crippen LogP contribution is -2.39. The fraction of sp³-hybridized carbons (Fsp3) is 0.353. The van der Waals surface area contributed by atoms with E-state index in [4.69, 9.17) is 0 Å². The molecule has 1 fully saturated rings. The van der Waals surface area contributed by atoms with Crippen LogP contribution in [-0.2, 0) is 9.53 Å². The lowest BCUT2D eigenvalue weighted by Gasteiger charge is -2.12. The summed E-state index contributed by atoms with van der Waals surface area (Å²) in [5, 5.41) is 15.5. The van der Waals surface area contributed by atoms with Crippen molar-refractivity contribution in [2.24, 2.45) is 5.16 Å². The van der Waals surface area contributed by atoms with Crippen molar-refractivity contribution in [2.45, 2.75) is 25.3 Å². The van der Waals surface area contributed by atoms with Gasteiger partial charge in [0.15, 0.2) is 0 Å². The molecule has 6 nitrogen and oxygen atoms in total. The van der Waals surface area contributed by atoms with Crippen LogP contribution in [0.3, 0.4) is 0 Å². The predicted octanol–water partition coefficient (Wildman–Crippen LogP) is 2.59. The molecule has 0 bridgehead atoms. The third-order valence-corrected chi connectivity index (χ3v) is 4.77. The van der Waals surface area contributed by atoms with Crippen molar-refractivity contribution >= 4 is 29.4 Å². The van der Waals surface area contributed by atoms with Gasteiger partial charge >= 0.3 is 5.97 Å². The van der Waals surface area contributed by atoms with E-state index in [1.54, 1.807) is 24.3 Å². The lowest BCUT2D eigenvalue weighted by atomic mass is 10.1. The maximum atomic E-state index is 12.2. The smallest absolute Gasteiger partial charge is 0.305 e. The second kappa shape index (κ2) is 9.12. The summed E-state index contributed by atoms with van der Waals surface area (Å²) in [4.78, 5) is 24.1. The first-order chi connectivity index (χ1) is 11.7. The largest absolute Gasteiger partial charge is 0.469 e. The topological polar surface area (TPSA) is 88.0 Å². The zero-order valence-corrected chi connectivity index (χ0v) is 14.2. The lowest BCUT2D eigenvalue weighted by molar-refractivity contribution is -0.140. The summed E-state index contributed by atoms with van der Waals surface area (Å²) in [5.74, 6) is 0.173. The van der Waals surface area contributed by atoms with E-state index >= 15 is 0 Å². The van der Waals surface area contributed by atoms with Gasteiger partial charge < -0.3 is 15.3 Å². The number of allylic oxidation sites excluding steroid dienone is 1. The minimum Gasteiger partial charge on any atom is -0.469 e. The second-order valence-electron chi connectivity index (χ2n) is 5.23. The third kappa shape index (κ3) is 4.86. The number of benzene rings is 1. The Labute approximate surface area is 145 Å². The van der Waals surface area contributed by atoms with Gasteiger partial charge in [0, 0.05) is 22.6 Å². The van der Waals surface area contributed by atoms with E-state index in [9.17, 15) is 14.8 Å². The molecule has 128 valence electrons. The van der Waals surface area contributed by atoms with Crippen molar-refractivity contribution in [3.63, 3.8) is 0 Å². The third-order valence-electron chi connectivity index (χ3n) is 3.58. The fourth-order valence-corrected chi connectivity index (χ4v) is 3.46. The van der Waals surface area contributed by atoms with Crippen molar-refractivity contribution in [3.8, 4) is 0 Å². The molecule has 1 saturated heterocycles. The van der Waals surface area contributed by atoms with Gasteiger partial charge in [-0.1, -0.05) is 29.4 Å². The van der Waals surface area contributed by atoms with Gasteiger partial charge in [0.2, 0.25) is 0 Å². The zero-order chi connectivity index (χ0) is 17.4. The molecule has 24 heavy (non-hydrogen) atoms. The van der Waals surface area contributed by atoms with Crippen LogP contribution in [0.2, 0.25) is 0 Å². The minimum absolute atomic E-state index is 0.200. The van der Waals surface area contributed by atoms with Crippen molar-refractivity contribution in [1.82, 2.24) is 5.32 Å². The number of carbonyl (C=O) groups is 2. The first-order valence-corrected chi connectivity index (χ1v) is 8.62.